The number of methoxy groups -OCH3 is 1. The molecule has 0 aromatic heterocycles. The summed E-state index contributed by atoms with van der Waals surface area (Å²) in [6.07, 6.45) is -3.47. The van der Waals surface area contributed by atoms with E-state index in [1.165, 1.54) is 6.07 Å². The van der Waals surface area contributed by atoms with Crippen LogP contribution in [0.3, 0.4) is 0 Å². The Labute approximate surface area is 102 Å². The van der Waals surface area contributed by atoms with Gasteiger partial charge in [-0.05, 0) is 17.7 Å². The van der Waals surface area contributed by atoms with Crippen LogP contribution in [0.2, 0.25) is 0 Å². The predicted octanol–water partition coefficient (Wildman–Crippen LogP) is -0.342. The first-order chi connectivity index (χ1) is 8.38. The lowest BCUT2D eigenvalue weighted by atomic mass is 10.0. The van der Waals surface area contributed by atoms with Crippen LogP contribution in [0.5, 0.6) is 5.75 Å². The molecule has 0 saturated heterocycles. The Hall–Kier alpha value is -2.12. The summed E-state index contributed by atoms with van der Waals surface area (Å²) in [4.78, 5) is 21.8. The summed E-state index contributed by atoms with van der Waals surface area (Å²) in [6.45, 7) is 0. The number of aromatic hydroxyl groups is 1. The van der Waals surface area contributed by atoms with Crippen molar-refractivity contribution in [3.8, 4) is 5.75 Å². The Morgan fingerprint density at radius 2 is 1.89 bits per heavy atom. The standard InChI is InChI=1S/C11H12O7/c1-18-11(17)9(14)8(13)5-2-3-7(12)6(4-5)10(15)16/h2-4,8-9,12-14H,1H3,(H,15,16). The van der Waals surface area contributed by atoms with Gasteiger partial charge in [0.2, 0.25) is 0 Å². The van der Waals surface area contributed by atoms with Crippen LogP contribution in [0, 0.1) is 0 Å². The molecule has 0 saturated carbocycles. The van der Waals surface area contributed by atoms with E-state index in [4.69, 9.17) is 5.11 Å². The zero-order valence-corrected chi connectivity index (χ0v) is 9.40. The largest absolute Gasteiger partial charge is 0.507 e. The second-order valence-electron chi connectivity index (χ2n) is 3.49. The van der Waals surface area contributed by atoms with E-state index in [1.54, 1.807) is 0 Å². The maximum absolute atomic E-state index is 11.0. The molecule has 7 nitrogen and oxygen atoms in total. The van der Waals surface area contributed by atoms with Crippen LogP contribution in [-0.4, -0.2) is 45.6 Å². The summed E-state index contributed by atoms with van der Waals surface area (Å²) >= 11 is 0. The molecule has 0 radical (unpaired) electrons. The number of aromatic carboxylic acids is 1. The van der Waals surface area contributed by atoms with Crippen molar-refractivity contribution in [3.05, 3.63) is 29.3 Å². The highest BCUT2D eigenvalue weighted by Gasteiger charge is 2.27. The van der Waals surface area contributed by atoms with E-state index in [-0.39, 0.29) is 5.56 Å². The van der Waals surface area contributed by atoms with Crippen LogP contribution >= 0.6 is 0 Å². The number of ether oxygens (including phenoxy) is 1. The zero-order chi connectivity index (χ0) is 13.9. The summed E-state index contributed by atoms with van der Waals surface area (Å²) in [5.41, 5.74) is -0.466. The van der Waals surface area contributed by atoms with E-state index < -0.39 is 35.5 Å². The number of esters is 1. The Bertz CT molecular complexity index is 468. The van der Waals surface area contributed by atoms with E-state index in [1.807, 2.05) is 0 Å². The summed E-state index contributed by atoms with van der Waals surface area (Å²) in [6, 6.07) is 3.21. The molecule has 2 unspecified atom stereocenters. The van der Waals surface area contributed by atoms with Crippen molar-refractivity contribution in [1.82, 2.24) is 0 Å². The number of phenols is 1. The molecular weight excluding hydrogens is 244 g/mol. The van der Waals surface area contributed by atoms with E-state index in [0.29, 0.717) is 0 Å². The molecular formula is C11H12O7. The van der Waals surface area contributed by atoms with Gasteiger partial charge in [0.1, 0.15) is 17.4 Å². The van der Waals surface area contributed by atoms with E-state index >= 15 is 0 Å². The normalized spacial score (nSPS) is 13.7. The van der Waals surface area contributed by atoms with Gasteiger partial charge in [0.25, 0.3) is 0 Å². The Balaban J connectivity index is 3.07. The average molecular weight is 256 g/mol. The van der Waals surface area contributed by atoms with Gasteiger partial charge < -0.3 is 25.2 Å². The molecule has 98 valence electrons. The number of carbonyl (C=O) groups is 2. The van der Waals surface area contributed by atoms with Crippen molar-refractivity contribution in [3.63, 3.8) is 0 Å². The number of carboxylic acids is 1. The molecule has 1 aromatic carbocycles. The number of carboxylic acid groups (broad SMARTS) is 1. The highest BCUT2D eigenvalue weighted by atomic mass is 16.5. The molecule has 1 rings (SSSR count). The fraction of sp³-hybridized carbons (Fsp3) is 0.273. The number of carbonyl (C=O) groups excluding carboxylic acids is 1. The third-order valence-corrected chi connectivity index (χ3v) is 2.33. The van der Waals surface area contributed by atoms with Crippen molar-refractivity contribution in [2.24, 2.45) is 0 Å². The fourth-order valence-electron chi connectivity index (χ4n) is 1.34. The Morgan fingerprint density at radius 1 is 1.28 bits per heavy atom. The van der Waals surface area contributed by atoms with Crippen molar-refractivity contribution in [1.29, 1.82) is 0 Å². The van der Waals surface area contributed by atoms with Gasteiger partial charge in [-0.2, -0.15) is 0 Å². The summed E-state index contributed by atoms with van der Waals surface area (Å²) in [5.74, 6) is -2.92. The van der Waals surface area contributed by atoms with Crippen LogP contribution in [-0.2, 0) is 9.53 Å². The summed E-state index contributed by atoms with van der Waals surface area (Å²) in [5, 5.41) is 37.1. The maximum atomic E-state index is 11.0. The van der Waals surface area contributed by atoms with Gasteiger partial charge in [-0.3, -0.25) is 0 Å². The smallest absolute Gasteiger partial charge is 0.339 e. The van der Waals surface area contributed by atoms with Gasteiger partial charge in [0.05, 0.1) is 7.11 Å². The third kappa shape index (κ3) is 2.76. The molecule has 0 amide bonds. The number of benzene rings is 1. The van der Waals surface area contributed by atoms with Gasteiger partial charge in [-0.25, -0.2) is 9.59 Å². The fourth-order valence-corrected chi connectivity index (χ4v) is 1.34. The van der Waals surface area contributed by atoms with Crippen LogP contribution in [0.4, 0.5) is 0 Å². The van der Waals surface area contributed by atoms with Gasteiger partial charge in [-0.15, -0.1) is 0 Å². The van der Waals surface area contributed by atoms with Gasteiger partial charge in [0, 0.05) is 0 Å². The molecule has 7 heteroatoms. The highest BCUT2D eigenvalue weighted by Crippen LogP contribution is 2.24. The molecule has 1 aromatic rings. The summed E-state index contributed by atoms with van der Waals surface area (Å²) in [7, 11) is 1.04. The SMILES string of the molecule is COC(=O)C(O)C(O)c1ccc(O)c(C(=O)O)c1. The number of rotatable bonds is 4. The average Bonchev–Trinajstić information content (AvgIpc) is 2.36. The first-order valence-electron chi connectivity index (χ1n) is 4.88. The molecule has 2 atom stereocenters. The Morgan fingerprint density at radius 3 is 2.39 bits per heavy atom. The topological polar surface area (TPSA) is 124 Å². The molecule has 18 heavy (non-hydrogen) atoms. The van der Waals surface area contributed by atoms with Gasteiger partial charge in [0.15, 0.2) is 6.10 Å². The maximum Gasteiger partial charge on any atom is 0.339 e. The molecule has 0 heterocycles. The minimum Gasteiger partial charge on any atom is -0.507 e. The van der Waals surface area contributed by atoms with Crippen LogP contribution in [0.1, 0.15) is 22.0 Å². The second-order valence-corrected chi connectivity index (χ2v) is 3.49. The first-order valence-corrected chi connectivity index (χ1v) is 4.88. The molecule has 4 N–H and O–H groups in total. The van der Waals surface area contributed by atoms with Gasteiger partial charge >= 0.3 is 11.9 Å². The molecule has 0 aliphatic heterocycles. The molecule has 0 aliphatic carbocycles. The Kier molecular flexibility index (Phi) is 4.24. The monoisotopic (exact) mass is 256 g/mol. The number of hydrogen-bond donors (Lipinski definition) is 4. The molecule has 0 aliphatic rings. The second kappa shape index (κ2) is 5.48. The van der Waals surface area contributed by atoms with E-state index in [9.17, 15) is 24.9 Å². The van der Waals surface area contributed by atoms with Crippen LogP contribution in [0.25, 0.3) is 0 Å². The van der Waals surface area contributed by atoms with Crippen molar-refractivity contribution < 1.29 is 34.8 Å². The van der Waals surface area contributed by atoms with Crippen LogP contribution in [0.15, 0.2) is 18.2 Å². The molecule has 0 bridgehead atoms. The lowest BCUT2D eigenvalue weighted by Crippen LogP contribution is -2.29. The van der Waals surface area contributed by atoms with E-state index in [0.717, 1.165) is 19.2 Å². The lowest BCUT2D eigenvalue weighted by Gasteiger charge is -2.16. The number of aliphatic hydroxyl groups is 2. The minimum atomic E-state index is -1.83. The van der Waals surface area contributed by atoms with E-state index in [2.05, 4.69) is 4.74 Å². The third-order valence-electron chi connectivity index (χ3n) is 2.33. The van der Waals surface area contributed by atoms with Crippen molar-refractivity contribution >= 4 is 11.9 Å². The number of aliphatic hydroxyl groups excluding tert-OH is 2. The quantitative estimate of drug-likeness (QED) is 0.543. The highest BCUT2D eigenvalue weighted by molar-refractivity contribution is 5.91. The van der Waals surface area contributed by atoms with Crippen molar-refractivity contribution in [2.45, 2.75) is 12.2 Å². The zero-order valence-electron chi connectivity index (χ0n) is 9.40. The predicted molar refractivity (Wildman–Crippen MR) is 58.0 cm³/mol. The summed E-state index contributed by atoms with van der Waals surface area (Å²) < 4.78 is 4.24. The molecule has 0 fully saturated rings. The first kappa shape index (κ1) is 13.9. The lowest BCUT2D eigenvalue weighted by molar-refractivity contribution is -0.156. The van der Waals surface area contributed by atoms with Gasteiger partial charge in [-0.1, -0.05) is 6.07 Å². The van der Waals surface area contributed by atoms with Crippen LogP contribution < -0.4 is 0 Å². The number of hydrogen-bond acceptors (Lipinski definition) is 6. The molecule has 0 spiro atoms. The minimum absolute atomic E-state index is 0.0249. The van der Waals surface area contributed by atoms with Crippen molar-refractivity contribution in [2.75, 3.05) is 7.11 Å².